The topological polar surface area (TPSA) is 102 Å². The number of anilines is 1. The van der Waals surface area contributed by atoms with Gasteiger partial charge in [-0.25, -0.2) is 9.36 Å². The lowest BCUT2D eigenvalue weighted by Gasteiger charge is -2.16. The molecule has 2 heterocycles. The number of rotatable bonds is 6. The number of amides is 1. The Bertz CT molecular complexity index is 1500. The van der Waals surface area contributed by atoms with Gasteiger partial charge in [-0.2, -0.15) is 0 Å². The Kier molecular flexibility index (Phi) is 6.20. The smallest absolute Gasteiger partial charge is 0.333 e. The molecule has 8 nitrogen and oxygen atoms in total. The van der Waals surface area contributed by atoms with Gasteiger partial charge < -0.3 is 19.8 Å². The summed E-state index contributed by atoms with van der Waals surface area (Å²) in [5.41, 5.74) is 1.57. The average Bonchev–Trinajstić information content (AvgIpc) is 3.38. The molecule has 0 radical (unpaired) electrons. The van der Waals surface area contributed by atoms with Crippen LogP contribution in [0.4, 0.5) is 5.69 Å². The molecular formula is C27H25N3O5. The largest absolute Gasteiger partial charge is 0.489 e. The van der Waals surface area contributed by atoms with Crippen LogP contribution in [0.3, 0.4) is 0 Å². The number of hydrogen-bond acceptors (Lipinski definition) is 5. The molecule has 35 heavy (non-hydrogen) atoms. The molecule has 1 aromatic heterocycles. The number of nitrogens with one attached hydrogen (secondary N) is 2. The third-order valence-electron chi connectivity index (χ3n) is 6.01. The highest BCUT2D eigenvalue weighted by Gasteiger charge is 2.18. The van der Waals surface area contributed by atoms with E-state index in [9.17, 15) is 14.4 Å². The van der Waals surface area contributed by atoms with E-state index in [1.165, 1.54) is 6.07 Å². The quantitative estimate of drug-likeness (QED) is 0.445. The number of nitrogens with zero attached hydrogens (tertiary/aromatic N) is 1. The van der Waals surface area contributed by atoms with E-state index >= 15 is 0 Å². The molecule has 4 aromatic rings. The molecular weight excluding hydrogens is 446 g/mol. The number of para-hydroxylation sites is 1. The van der Waals surface area contributed by atoms with Crippen molar-refractivity contribution >= 4 is 22.5 Å². The first-order valence-electron chi connectivity index (χ1n) is 11.5. The van der Waals surface area contributed by atoms with E-state index in [0.717, 1.165) is 29.6 Å². The SMILES string of the molecule is Cc1ccc(NC(=O)c2ccc3c(=O)n(-c4ccccc4)c(=O)[nH]c3c2)c(OCC2CCCO2)c1. The second-order valence-electron chi connectivity index (χ2n) is 8.57. The molecule has 1 fully saturated rings. The number of aryl methyl sites for hydroxylation is 1. The molecule has 1 aliphatic heterocycles. The minimum absolute atomic E-state index is 0.0521. The highest BCUT2D eigenvalue weighted by molar-refractivity contribution is 6.06. The normalized spacial score (nSPS) is 15.3. The fourth-order valence-electron chi connectivity index (χ4n) is 4.18. The average molecular weight is 472 g/mol. The standard InChI is InChI=1S/C27H25N3O5/c1-17-9-12-22(24(14-17)35-16-20-8-5-13-34-20)28-25(31)18-10-11-21-23(15-18)29-27(33)30(26(21)32)19-6-3-2-4-7-19/h2-4,6-7,9-12,14-15,20H,5,8,13,16H2,1H3,(H,28,31)(H,29,33). The Balaban J connectivity index is 1.42. The molecule has 0 spiro atoms. The van der Waals surface area contributed by atoms with Gasteiger partial charge in [-0.1, -0.05) is 24.3 Å². The second-order valence-corrected chi connectivity index (χ2v) is 8.57. The summed E-state index contributed by atoms with van der Waals surface area (Å²) in [6.45, 7) is 3.11. The van der Waals surface area contributed by atoms with Gasteiger partial charge >= 0.3 is 5.69 Å². The Morgan fingerprint density at radius 1 is 1.11 bits per heavy atom. The van der Waals surface area contributed by atoms with Crippen molar-refractivity contribution in [2.45, 2.75) is 25.9 Å². The van der Waals surface area contributed by atoms with E-state index in [2.05, 4.69) is 10.3 Å². The number of benzene rings is 3. The number of carbonyl (C=O) groups excluding carboxylic acids is 1. The predicted molar refractivity (Wildman–Crippen MR) is 134 cm³/mol. The van der Waals surface area contributed by atoms with E-state index < -0.39 is 11.2 Å². The number of H-pyrrole nitrogens is 1. The second kappa shape index (κ2) is 9.60. The maximum Gasteiger partial charge on any atom is 0.333 e. The molecule has 1 unspecified atom stereocenters. The van der Waals surface area contributed by atoms with E-state index in [-0.39, 0.29) is 12.0 Å². The predicted octanol–water partition coefficient (Wildman–Crippen LogP) is 3.80. The summed E-state index contributed by atoms with van der Waals surface area (Å²) in [6, 6.07) is 18.8. The van der Waals surface area contributed by atoms with Crippen molar-refractivity contribution in [3.05, 3.63) is 98.7 Å². The lowest BCUT2D eigenvalue weighted by atomic mass is 10.1. The number of aromatic nitrogens is 2. The van der Waals surface area contributed by atoms with Crippen LogP contribution in [0.1, 0.15) is 28.8 Å². The van der Waals surface area contributed by atoms with Crippen LogP contribution in [0.5, 0.6) is 5.75 Å². The summed E-state index contributed by atoms with van der Waals surface area (Å²) in [6.07, 6.45) is 2.03. The number of aromatic amines is 1. The van der Waals surface area contributed by atoms with Crippen molar-refractivity contribution in [2.24, 2.45) is 0 Å². The fourth-order valence-corrected chi connectivity index (χ4v) is 4.18. The molecule has 2 N–H and O–H groups in total. The van der Waals surface area contributed by atoms with Crippen LogP contribution < -0.4 is 21.3 Å². The molecule has 1 saturated heterocycles. The maximum atomic E-state index is 13.0. The van der Waals surface area contributed by atoms with Crippen LogP contribution in [-0.2, 0) is 4.74 Å². The minimum Gasteiger partial charge on any atom is -0.489 e. The third kappa shape index (κ3) is 4.74. The number of fused-ring (bicyclic) bond motifs is 1. The van der Waals surface area contributed by atoms with Gasteiger partial charge in [0.15, 0.2) is 0 Å². The highest BCUT2D eigenvalue weighted by atomic mass is 16.5. The summed E-state index contributed by atoms with van der Waals surface area (Å²) < 4.78 is 12.7. The van der Waals surface area contributed by atoms with Gasteiger partial charge in [-0.15, -0.1) is 0 Å². The van der Waals surface area contributed by atoms with Crippen molar-refractivity contribution in [3.8, 4) is 11.4 Å². The Labute approximate surface area is 201 Å². The maximum absolute atomic E-state index is 13.0. The highest BCUT2D eigenvalue weighted by Crippen LogP contribution is 2.27. The summed E-state index contributed by atoms with van der Waals surface area (Å²) in [7, 11) is 0. The molecule has 178 valence electrons. The zero-order chi connectivity index (χ0) is 24.4. The fraction of sp³-hybridized carbons (Fsp3) is 0.222. The van der Waals surface area contributed by atoms with Crippen molar-refractivity contribution < 1.29 is 14.3 Å². The zero-order valence-electron chi connectivity index (χ0n) is 19.2. The monoisotopic (exact) mass is 471 g/mol. The number of ether oxygens (including phenoxy) is 2. The zero-order valence-corrected chi connectivity index (χ0v) is 19.2. The van der Waals surface area contributed by atoms with Crippen LogP contribution in [0, 0.1) is 6.92 Å². The lowest BCUT2D eigenvalue weighted by Crippen LogP contribution is -2.33. The molecule has 0 bridgehead atoms. The summed E-state index contributed by atoms with van der Waals surface area (Å²) in [5.74, 6) is 0.180. The van der Waals surface area contributed by atoms with Crippen LogP contribution >= 0.6 is 0 Å². The number of hydrogen-bond donors (Lipinski definition) is 2. The molecule has 8 heteroatoms. The molecule has 5 rings (SSSR count). The van der Waals surface area contributed by atoms with E-state index in [1.54, 1.807) is 42.5 Å². The van der Waals surface area contributed by atoms with Crippen molar-refractivity contribution in [1.82, 2.24) is 9.55 Å². The first kappa shape index (κ1) is 22.6. The van der Waals surface area contributed by atoms with Gasteiger partial charge in [0.05, 0.1) is 28.4 Å². The van der Waals surface area contributed by atoms with Gasteiger partial charge in [-0.3, -0.25) is 9.59 Å². The first-order valence-corrected chi connectivity index (χ1v) is 11.5. The van der Waals surface area contributed by atoms with Gasteiger partial charge in [0.2, 0.25) is 0 Å². The molecule has 0 saturated carbocycles. The molecule has 3 aromatic carbocycles. The van der Waals surface area contributed by atoms with E-state index in [0.29, 0.717) is 40.2 Å². The van der Waals surface area contributed by atoms with E-state index in [1.807, 2.05) is 25.1 Å². The van der Waals surface area contributed by atoms with Crippen molar-refractivity contribution in [3.63, 3.8) is 0 Å². The Morgan fingerprint density at radius 3 is 2.71 bits per heavy atom. The molecule has 0 aliphatic carbocycles. The number of carbonyl (C=O) groups is 1. The summed E-state index contributed by atoms with van der Waals surface area (Å²) in [5, 5.41) is 3.19. The van der Waals surface area contributed by atoms with E-state index in [4.69, 9.17) is 9.47 Å². The van der Waals surface area contributed by atoms with Crippen LogP contribution in [0.25, 0.3) is 16.6 Å². The molecule has 1 atom stereocenters. The molecule has 1 amide bonds. The summed E-state index contributed by atoms with van der Waals surface area (Å²) >= 11 is 0. The first-order chi connectivity index (χ1) is 17.0. The van der Waals surface area contributed by atoms with Crippen LogP contribution in [0.2, 0.25) is 0 Å². The molecule has 1 aliphatic rings. The van der Waals surface area contributed by atoms with Gasteiger partial charge in [0.1, 0.15) is 12.4 Å². The minimum atomic E-state index is -0.574. The van der Waals surface area contributed by atoms with Crippen molar-refractivity contribution in [1.29, 1.82) is 0 Å². The van der Waals surface area contributed by atoms with Gasteiger partial charge in [0, 0.05) is 12.2 Å². The van der Waals surface area contributed by atoms with Crippen molar-refractivity contribution in [2.75, 3.05) is 18.5 Å². The van der Waals surface area contributed by atoms with Gasteiger partial charge in [0.25, 0.3) is 11.5 Å². The van der Waals surface area contributed by atoms with Gasteiger partial charge in [-0.05, 0) is 67.8 Å². The van der Waals surface area contributed by atoms with Crippen LogP contribution in [-0.4, -0.2) is 34.8 Å². The summed E-state index contributed by atoms with van der Waals surface area (Å²) in [4.78, 5) is 41.4. The lowest BCUT2D eigenvalue weighted by molar-refractivity contribution is 0.0681. The van der Waals surface area contributed by atoms with Crippen LogP contribution in [0.15, 0.2) is 76.3 Å². The third-order valence-corrected chi connectivity index (χ3v) is 6.01. The Hall–Kier alpha value is -4.17. The Morgan fingerprint density at radius 2 is 1.94 bits per heavy atom.